The largest absolute Gasteiger partial charge is 0.345 e. The Labute approximate surface area is 155 Å². The zero-order chi connectivity index (χ0) is 18.6. The molecule has 0 radical (unpaired) electrons. The van der Waals surface area contributed by atoms with Gasteiger partial charge in [-0.25, -0.2) is 4.68 Å². The molecule has 26 heavy (non-hydrogen) atoms. The monoisotopic (exact) mass is 355 g/mol. The van der Waals surface area contributed by atoms with Crippen molar-refractivity contribution in [3.8, 4) is 5.69 Å². The summed E-state index contributed by atoms with van der Waals surface area (Å²) < 4.78 is 1.74. The third-order valence-corrected chi connectivity index (χ3v) is 5.30. The van der Waals surface area contributed by atoms with E-state index in [9.17, 15) is 4.79 Å². The zero-order valence-corrected chi connectivity index (χ0v) is 15.9. The molecule has 1 unspecified atom stereocenters. The molecule has 2 N–H and O–H groups in total. The van der Waals surface area contributed by atoms with Gasteiger partial charge in [0.2, 0.25) is 5.91 Å². The molecule has 1 amide bonds. The smallest absolute Gasteiger partial charge is 0.221 e. The first-order chi connectivity index (χ1) is 12.5. The van der Waals surface area contributed by atoms with Crippen molar-refractivity contribution in [1.29, 1.82) is 0 Å². The van der Waals surface area contributed by atoms with Crippen LogP contribution in [-0.2, 0) is 10.3 Å². The molecule has 1 aromatic carbocycles. The average molecular weight is 355 g/mol. The topological polar surface area (TPSA) is 71.8 Å². The molecule has 0 spiro atoms. The molecular weight excluding hydrogens is 326 g/mol. The van der Waals surface area contributed by atoms with Gasteiger partial charge in [-0.3, -0.25) is 4.79 Å². The first kappa shape index (κ1) is 18.6. The van der Waals surface area contributed by atoms with E-state index in [0.29, 0.717) is 18.3 Å². The predicted molar refractivity (Wildman–Crippen MR) is 102 cm³/mol. The van der Waals surface area contributed by atoms with Crippen LogP contribution in [0.4, 0.5) is 0 Å². The number of rotatable bonds is 6. The molecule has 140 valence electrons. The van der Waals surface area contributed by atoms with Gasteiger partial charge in [0.1, 0.15) is 5.69 Å². The van der Waals surface area contributed by atoms with Gasteiger partial charge in [-0.15, -0.1) is 5.10 Å². The number of nitrogens with zero attached hydrogens (tertiary/aromatic N) is 3. The van der Waals surface area contributed by atoms with E-state index in [1.807, 2.05) is 50.4 Å². The lowest BCUT2D eigenvalue weighted by Gasteiger charge is -2.29. The molecule has 2 heterocycles. The van der Waals surface area contributed by atoms with E-state index < -0.39 is 5.54 Å². The van der Waals surface area contributed by atoms with Gasteiger partial charge in [-0.05, 0) is 63.7 Å². The van der Waals surface area contributed by atoms with Crippen LogP contribution in [0.25, 0.3) is 5.69 Å². The summed E-state index contributed by atoms with van der Waals surface area (Å²) in [6.45, 7) is 8.25. The summed E-state index contributed by atoms with van der Waals surface area (Å²) in [7, 11) is 0. The molecule has 1 saturated heterocycles. The molecular formula is C20H29N5O. The highest BCUT2D eigenvalue weighted by Gasteiger charge is 2.28. The summed E-state index contributed by atoms with van der Waals surface area (Å²) in [5.41, 5.74) is 1.15. The van der Waals surface area contributed by atoms with Gasteiger partial charge < -0.3 is 10.6 Å². The summed E-state index contributed by atoms with van der Waals surface area (Å²) in [5, 5.41) is 15.0. The number of hydrogen-bond donors (Lipinski definition) is 2. The molecule has 1 aliphatic heterocycles. The van der Waals surface area contributed by atoms with Gasteiger partial charge in [-0.2, -0.15) is 0 Å². The van der Waals surface area contributed by atoms with Crippen molar-refractivity contribution in [2.45, 2.75) is 45.6 Å². The van der Waals surface area contributed by atoms with E-state index in [2.05, 4.69) is 27.9 Å². The number of aromatic nitrogens is 3. The summed E-state index contributed by atoms with van der Waals surface area (Å²) in [4.78, 5) is 12.6. The standard InChI is InChI=1S/C20H29N5O/c1-15(16-9-11-21-12-10-16)13-19(26)22-20(2,3)18-14-25(24-23-18)17-7-5-4-6-8-17/h4-8,14-16,21H,9-13H2,1-3H3,(H,22,26). The lowest BCUT2D eigenvalue weighted by atomic mass is 9.84. The van der Waals surface area contributed by atoms with Gasteiger partial charge in [0, 0.05) is 6.42 Å². The highest BCUT2D eigenvalue weighted by molar-refractivity contribution is 5.77. The second kappa shape index (κ2) is 7.99. The molecule has 1 aromatic heterocycles. The van der Waals surface area contributed by atoms with Crippen molar-refractivity contribution in [2.24, 2.45) is 11.8 Å². The molecule has 0 bridgehead atoms. The van der Waals surface area contributed by atoms with Gasteiger partial charge in [-0.1, -0.05) is 30.3 Å². The van der Waals surface area contributed by atoms with Crippen LogP contribution in [0.15, 0.2) is 36.5 Å². The van der Waals surface area contributed by atoms with E-state index in [1.165, 1.54) is 0 Å². The average Bonchev–Trinajstić information content (AvgIpc) is 3.14. The number of piperidine rings is 1. The molecule has 6 heteroatoms. The minimum atomic E-state index is -0.558. The Hall–Kier alpha value is -2.21. The molecule has 0 aliphatic carbocycles. The first-order valence-corrected chi connectivity index (χ1v) is 9.45. The zero-order valence-electron chi connectivity index (χ0n) is 15.9. The maximum absolute atomic E-state index is 12.6. The highest BCUT2D eigenvalue weighted by Crippen LogP contribution is 2.25. The lowest BCUT2D eigenvalue weighted by Crippen LogP contribution is -2.42. The van der Waals surface area contributed by atoms with Crippen molar-refractivity contribution in [2.75, 3.05) is 13.1 Å². The summed E-state index contributed by atoms with van der Waals surface area (Å²) in [5.74, 6) is 1.10. The fourth-order valence-corrected chi connectivity index (χ4v) is 3.59. The SMILES string of the molecule is CC(CC(=O)NC(C)(C)c1cn(-c2ccccc2)nn1)C1CCNCC1. The van der Waals surface area contributed by atoms with E-state index in [1.54, 1.807) is 4.68 Å². The summed E-state index contributed by atoms with van der Waals surface area (Å²) in [6.07, 6.45) is 4.75. The van der Waals surface area contributed by atoms with Gasteiger partial charge in [0.15, 0.2) is 0 Å². The van der Waals surface area contributed by atoms with E-state index in [-0.39, 0.29) is 5.91 Å². The van der Waals surface area contributed by atoms with Crippen LogP contribution < -0.4 is 10.6 Å². The molecule has 1 atom stereocenters. The van der Waals surface area contributed by atoms with E-state index >= 15 is 0 Å². The van der Waals surface area contributed by atoms with E-state index in [0.717, 1.165) is 37.3 Å². The third kappa shape index (κ3) is 4.49. The highest BCUT2D eigenvalue weighted by atomic mass is 16.1. The maximum Gasteiger partial charge on any atom is 0.221 e. The summed E-state index contributed by atoms with van der Waals surface area (Å²) in [6, 6.07) is 9.85. The van der Waals surface area contributed by atoms with Crippen LogP contribution >= 0.6 is 0 Å². The van der Waals surface area contributed by atoms with Crippen molar-refractivity contribution in [3.63, 3.8) is 0 Å². The third-order valence-electron chi connectivity index (χ3n) is 5.30. The normalized spacial score (nSPS) is 17.0. The molecule has 1 fully saturated rings. The number of nitrogens with one attached hydrogen (secondary N) is 2. The Morgan fingerprint density at radius 3 is 2.69 bits per heavy atom. The maximum atomic E-state index is 12.6. The molecule has 1 aliphatic rings. The quantitative estimate of drug-likeness (QED) is 0.836. The Morgan fingerprint density at radius 2 is 2.00 bits per heavy atom. The van der Waals surface area contributed by atoms with Gasteiger partial charge in [0.25, 0.3) is 0 Å². The number of benzene rings is 1. The van der Waals surface area contributed by atoms with Crippen LogP contribution in [0.2, 0.25) is 0 Å². The molecule has 6 nitrogen and oxygen atoms in total. The number of para-hydroxylation sites is 1. The Morgan fingerprint density at radius 1 is 1.31 bits per heavy atom. The van der Waals surface area contributed by atoms with Crippen molar-refractivity contribution < 1.29 is 4.79 Å². The minimum Gasteiger partial charge on any atom is -0.345 e. The molecule has 3 rings (SSSR count). The lowest BCUT2D eigenvalue weighted by molar-refractivity contribution is -0.124. The number of amides is 1. The van der Waals surface area contributed by atoms with Crippen LogP contribution in [-0.4, -0.2) is 34.0 Å². The van der Waals surface area contributed by atoms with Gasteiger partial charge >= 0.3 is 0 Å². The van der Waals surface area contributed by atoms with Gasteiger partial charge in [0.05, 0.1) is 17.4 Å². The summed E-state index contributed by atoms with van der Waals surface area (Å²) >= 11 is 0. The number of carbonyl (C=O) groups is 1. The second-order valence-corrected chi connectivity index (χ2v) is 7.83. The predicted octanol–water partition coefficient (Wildman–Crippen LogP) is 2.64. The van der Waals surface area contributed by atoms with Crippen LogP contribution in [0.1, 0.15) is 45.7 Å². The minimum absolute atomic E-state index is 0.0790. The second-order valence-electron chi connectivity index (χ2n) is 7.83. The molecule has 0 saturated carbocycles. The fourth-order valence-electron chi connectivity index (χ4n) is 3.59. The number of carbonyl (C=O) groups excluding carboxylic acids is 1. The Kier molecular flexibility index (Phi) is 5.71. The van der Waals surface area contributed by atoms with Crippen LogP contribution in [0.3, 0.4) is 0 Å². The van der Waals surface area contributed by atoms with Crippen LogP contribution in [0, 0.1) is 11.8 Å². The van der Waals surface area contributed by atoms with E-state index in [4.69, 9.17) is 0 Å². The van der Waals surface area contributed by atoms with Crippen molar-refractivity contribution in [1.82, 2.24) is 25.6 Å². The van der Waals surface area contributed by atoms with Crippen molar-refractivity contribution >= 4 is 5.91 Å². The fraction of sp³-hybridized carbons (Fsp3) is 0.550. The Balaban J connectivity index is 1.61. The molecule has 2 aromatic rings. The Bertz CT molecular complexity index is 719. The first-order valence-electron chi connectivity index (χ1n) is 9.45. The number of hydrogen-bond acceptors (Lipinski definition) is 4. The van der Waals surface area contributed by atoms with Crippen LogP contribution in [0.5, 0.6) is 0 Å². The van der Waals surface area contributed by atoms with Crippen molar-refractivity contribution in [3.05, 3.63) is 42.2 Å².